The Morgan fingerprint density at radius 3 is 2.70 bits per heavy atom. The molecule has 0 fully saturated rings. The molecular weight excluding hydrogens is 464 g/mol. The number of thioether (sulfide) groups is 1. The van der Waals surface area contributed by atoms with Crippen LogP contribution in [0.25, 0.3) is 16.7 Å². The van der Waals surface area contributed by atoms with Crippen molar-refractivity contribution in [3.8, 4) is 5.82 Å². The third kappa shape index (κ3) is 4.29. The van der Waals surface area contributed by atoms with E-state index in [1.54, 1.807) is 24.4 Å². The van der Waals surface area contributed by atoms with Gasteiger partial charge in [-0.25, -0.2) is 14.5 Å². The number of nitrogens with zero attached hydrogens (tertiary/aromatic N) is 3. The molecule has 0 aliphatic rings. The summed E-state index contributed by atoms with van der Waals surface area (Å²) in [7, 11) is 0. The van der Waals surface area contributed by atoms with Crippen molar-refractivity contribution in [3.05, 3.63) is 87.3 Å². The zero-order chi connectivity index (χ0) is 21.1. The topological polar surface area (TPSA) is 76.9 Å². The summed E-state index contributed by atoms with van der Waals surface area (Å²) in [6.45, 7) is 1.93. The van der Waals surface area contributed by atoms with Crippen molar-refractivity contribution in [2.24, 2.45) is 0 Å². The average molecular weight is 481 g/mol. The maximum atomic E-state index is 13.2. The Labute approximate surface area is 185 Å². The Bertz CT molecular complexity index is 1310. The monoisotopic (exact) mass is 480 g/mol. The second-order valence-electron chi connectivity index (χ2n) is 6.56. The van der Waals surface area contributed by atoms with E-state index in [0.29, 0.717) is 27.6 Å². The van der Waals surface area contributed by atoms with Gasteiger partial charge in [-0.15, -0.1) is 0 Å². The first-order valence-corrected chi connectivity index (χ1v) is 10.9. The van der Waals surface area contributed by atoms with E-state index in [9.17, 15) is 9.59 Å². The molecule has 2 heterocycles. The fraction of sp³-hybridized carbons (Fsp3) is 0.0909. The standard InChI is InChI=1S/C22H17BrN4O2S/c1-14-10-11-24-19(12-14)27-21(29)15-6-2-4-8-17(15)26-22(27)30-13-20(28)25-18-9-5-3-7-16(18)23/h2-12H,13H2,1H3,(H,25,28). The minimum absolute atomic E-state index is 0.0952. The van der Waals surface area contributed by atoms with Crippen LogP contribution < -0.4 is 10.9 Å². The van der Waals surface area contributed by atoms with E-state index in [0.717, 1.165) is 10.0 Å². The first kappa shape index (κ1) is 20.3. The lowest BCUT2D eigenvalue weighted by Crippen LogP contribution is -2.23. The Balaban J connectivity index is 1.69. The highest BCUT2D eigenvalue weighted by Crippen LogP contribution is 2.23. The molecule has 6 nitrogen and oxygen atoms in total. The second-order valence-corrected chi connectivity index (χ2v) is 8.36. The van der Waals surface area contributed by atoms with Crippen LogP contribution in [0, 0.1) is 6.92 Å². The highest BCUT2D eigenvalue weighted by molar-refractivity contribution is 9.10. The summed E-state index contributed by atoms with van der Waals surface area (Å²) >= 11 is 4.61. The van der Waals surface area contributed by atoms with Gasteiger partial charge in [0.2, 0.25) is 5.91 Å². The molecule has 0 aliphatic carbocycles. The maximum absolute atomic E-state index is 13.2. The molecule has 0 radical (unpaired) electrons. The maximum Gasteiger partial charge on any atom is 0.267 e. The number of benzene rings is 2. The molecule has 150 valence electrons. The summed E-state index contributed by atoms with van der Waals surface area (Å²) < 4.78 is 2.26. The number of nitrogens with one attached hydrogen (secondary N) is 1. The van der Waals surface area contributed by atoms with Gasteiger partial charge in [0.1, 0.15) is 5.82 Å². The number of hydrogen-bond donors (Lipinski definition) is 1. The van der Waals surface area contributed by atoms with E-state index in [1.807, 2.05) is 49.4 Å². The molecule has 0 bridgehead atoms. The molecule has 8 heteroatoms. The highest BCUT2D eigenvalue weighted by atomic mass is 79.9. The molecule has 4 aromatic rings. The number of rotatable bonds is 5. The first-order chi connectivity index (χ1) is 14.5. The molecular formula is C22H17BrN4O2S. The zero-order valence-electron chi connectivity index (χ0n) is 16.0. The number of para-hydroxylation sites is 2. The van der Waals surface area contributed by atoms with Crippen LogP contribution in [0.3, 0.4) is 0 Å². The Morgan fingerprint density at radius 2 is 1.90 bits per heavy atom. The van der Waals surface area contributed by atoms with Crippen molar-refractivity contribution in [3.63, 3.8) is 0 Å². The number of halogens is 1. The van der Waals surface area contributed by atoms with Crippen LogP contribution in [0.2, 0.25) is 0 Å². The molecule has 4 rings (SSSR count). The van der Waals surface area contributed by atoms with Gasteiger partial charge >= 0.3 is 0 Å². The first-order valence-electron chi connectivity index (χ1n) is 9.15. The highest BCUT2D eigenvalue weighted by Gasteiger charge is 2.16. The average Bonchev–Trinajstić information content (AvgIpc) is 2.74. The molecule has 2 aromatic carbocycles. The van der Waals surface area contributed by atoms with Gasteiger partial charge in [-0.05, 0) is 64.8 Å². The molecule has 0 atom stereocenters. The number of anilines is 1. The second kappa shape index (κ2) is 8.81. The molecule has 0 spiro atoms. The van der Waals surface area contributed by atoms with Crippen molar-refractivity contribution in [2.75, 3.05) is 11.1 Å². The van der Waals surface area contributed by atoms with E-state index >= 15 is 0 Å². The van der Waals surface area contributed by atoms with Crippen molar-refractivity contribution in [1.82, 2.24) is 14.5 Å². The number of hydrogen-bond acceptors (Lipinski definition) is 5. The van der Waals surface area contributed by atoms with Crippen LogP contribution in [0.1, 0.15) is 5.56 Å². The van der Waals surface area contributed by atoms with E-state index in [1.165, 1.54) is 16.3 Å². The van der Waals surface area contributed by atoms with E-state index in [-0.39, 0.29) is 17.2 Å². The molecule has 1 amide bonds. The number of fused-ring (bicyclic) bond motifs is 1. The lowest BCUT2D eigenvalue weighted by molar-refractivity contribution is -0.113. The Hall–Kier alpha value is -2.97. The van der Waals surface area contributed by atoms with E-state index < -0.39 is 0 Å². The van der Waals surface area contributed by atoms with Crippen molar-refractivity contribution < 1.29 is 4.79 Å². The molecule has 30 heavy (non-hydrogen) atoms. The third-order valence-corrected chi connectivity index (χ3v) is 5.99. The molecule has 0 unspecified atom stereocenters. The largest absolute Gasteiger partial charge is 0.324 e. The van der Waals surface area contributed by atoms with Crippen LogP contribution >= 0.6 is 27.7 Å². The quantitative estimate of drug-likeness (QED) is 0.334. The van der Waals surface area contributed by atoms with Crippen LogP contribution in [-0.4, -0.2) is 26.2 Å². The van der Waals surface area contributed by atoms with Crippen molar-refractivity contribution in [1.29, 1.82) is 0 Å². The number of aryl methyl sites for hydroxylation is 1. The zero-order valence-corrected chi connectivity index (χ0v) is 18.4. The van der Waals surface area contributed by atoms with Crippen LogP contribution in [0.15, 0.2) is 81.3 Å². The smallest absolute Gasteiger partial charge is 0.267 e. The summed E-state index contributed by atoms with van der Waals surface area (Å²) in [6.07, 6.45) is 1.65. The number of amides is 1. The van der Waals surface area contributed by atoms with Gasteiger partial charge in [0, 0.05) is 10.7 Å². The predicted octanol–water partition coefficient (Wildman–Crippen LogP) is 4.58. The normalized spacial score (nSPS) is 10.9. The lowest BCUT2D eigenvalue weighted by atomic mass is 10.2. The van der Waals surface area contributed by atoms with Gasteiger partial charge in [-0.1, -0.05) is 36.0 Å². The molecule has 1 N–H and O–H groups in total. The van der Waals surface area contributed by atoms with Crippen molar-refractivity contribution >= 4 is 50.2 Å². The van der Waals surface area contributed by atoms with Gasteiger partial charge in [0.05, 0.1) is 22.3 Å². The van der Waals surface area contributed by atoms with Gasteiger partial charge in [-0.3, -0.25) is 9.59 Å². The minimum atomic E-state index is -0.215. The molecule has 0 aliphatic heterocycles. The van der Waals surface area contributed by atoms with Gasteiger partial charge in [0.25, 0.3) is 5.56 Å². The van der Waals surface area contributed by atoms with Crippen LogP contribution in [-0.2, 0) is 4.79 Å². The van der Waals surface area contributed by atoms with Gasteiger partial charge in [-0.2, -0.15) is 0 Å². The molecule has 0 saturated carbocycles. The van der Waals surface area contributed by atoms with Gasteiger partial charge in [0.15, 0.2) is 5.16 Å². The number of aromatic nitrogens is 3. The van der Waals surface area contributed by atoms with E-state index in [4.69, 9.17) is 0 Å². The van der Waals surface area contributed by atoms with Crippen LogP contribution in [0.4, 0.5) is 5.69 Å². The third-order valence-electron chi connectivity index (χ3n) is 4.36. The number of pyridine rings is 1. The fourth-order valence-corrected chi connectivity index (χ4v) is 4.12. The summed E-state index contributed by atoms with van der Waals surface area (Å²) in [4.78, 5) is 34.7. The summed E-state index contributed by atoms with van der Waals surface area (Å²) in [5, 5.41) is 3.78. The molecule has 2 aromatic heterocycles. The fourth-order valence-electron chi connectivity index (χ4n) is 2.93. The summed E-state index contributed by atoms with van der Waals surface area (Å²) in [5.41, 5.74) is 2.03. The number of carbonyl (C=O) groups excluding carboxylic acids is 1. The molecule has 0 saturated heterocycles. The number of carbonyl (C=O) groups is 1. The van der Waals surface area contributed by atoms with Crippen LogP contribution in [0.5, 0.6) is 0 Å². The SMILES string of the molecule is Cc1ccnc(-n2c(SCC(=O)Nc3ccccc3Br)nc3ccccc3c2=O)c1. The summed E-state index contributed by atoms with van der Waals surface area (Å²) in [5.74, 6) is 0.378. The van der Waals surface area contributed by atoms with Crippen molar-refractivity contribution in [2.45, 2.75) is 12.1 Å². The van der Waals surface area contributed by atoms with Gasteiger partial charge < -0.3 is 5.32 Å². The summed E-state index contributed by atoms with van der Waals surface area (Å²) in [6, 6.07) is 18.2. The lowest BCUT2D eigenvalue weighted by Gasteiger charge is -2.13. The predicted molar refractivity (Wildman–Crippen MR) is 123 cm³/mol. The minimum Gasteiger partial charge on any atom is -0.324 e. The Morgan fingerprint density at radius 1 is 1.13 bits per heavy atom. The Kier molecular flexibility index (Phi) is 5.96. The van der Waals surface area contributed by atoms with E-state index in [2.05, 4.69) is 31.2 Å².